The fourth-order valence-corrected chi connectivity index (χ4v) is 6.40. The number of benzene rings is 3. The molecule has 0 aliphatic carbocycles. The molecule has 1 amide bonds. The van der Waals surface area contributed by atoms with Crippen molar-refractivity contribution < 1.29 is 9.90 Å². The Morgan fingerprint density at radius 3 is 1.98 bits per heavy atom. The first-order valence-corrected chi connectivity index (χ1v) is 14.7. The molecule has 8 heteroatoms. The maximum absolute atomic E-state index is 14.4. The van der Waals surface area contributed by atoms with E-state index in [-0.39, 0.29) is 24.5 Å². The number of aromatic nitrogens is 3. The molecule has 1 N–H and O–H groups in total. The van der Waals surface area contributed by atoms with E-state index >= 15 is 0 Å². The second-order valence-corrected chi connectivity index (χ2v) is 11.0. The lowest BCUT2D eigenvalue weighted by Crippen LogP contribution is -2.47. The number of hydrogen-bond donors (Lipinski definition) is 1. The number of amides is 1. The van der Waals surface area contributed by atoms with Gasteiger partial charge in [0.05, 0.1) is 13.2 Å². The minimum atomic E-state index is -0.0697. The van der Waals surface area contributed by atoms with Gasteiger partial charge in [-0.1, -0.05) is 78.9 Å². The van der Waals surface area contributed by atoms with Crippen molar-refractivity contribution in [2.24, 2.45) is 0 Å². The number of hydrogen-bond acceptors (Lipinski definition) is 6. The SMILES string of the molecule is O=C(c1nnc(CN2CCN(CCO)CC2)n1-c1ccccc1)N1CCC[C@@H]1C(c1ccccc1)c1ccccc1. The van der Waals surface area contributed by atoms with Gasteiger partial charge < -0.3 is 10.0 Å². The molecule has 0 unspecified atom stereocenters. The number of aliphatic hydroxyl groups is 1. The van der Waals surface area contributed by atoms with E-state index in [0.717, 1.165) is 50.5 Å². The van der Waals surface area contributed by atoms with E-state index in [1.165, 1.54) is 11.1 Å². The van der Waals surface area contributed by atoms with E-state index in [1.54, 1.807) is 0 Å². The van der Waals surface area contributed by atoms with Crippen LogP contribution in [0.3, 0.4) is 0 Å². The van der Waals surface area contributed by atoms with Gasteiger partial charge in [-0.15, -0.1) is 10.2 Å². The molecule has 0 bridgehead atoms. The van der Waals surface area contributed by atoms with Gasteiger partial charge in [0.25, 0.3) is 5.91 Å². The number of carbonyl (C=O) groups is 1. The van der Waals surface area contributed by atoms with E-state index < -0.39 is 0 Å². The zero-order valence-corrected chi connectivity index (χ0v) is 23.4. The molecule has 212 valence electrons. The van der Waals surface area contributed by atoms with Crippen molar-refractivity contribution in [1.82, 2.24) is 29.5 Å². The monoisotopic (exact) mass is 550 g/mol. The van der Waals surface area contributed by atoms with Gasteiger partial charge in [0, 0.05) is 56.9 Å². The molecule has 41 heavy (non-hydrogen) atoms. The Labute approximate surface area is 241 Å². The largest absolute Gasteiger partial charge is 0.395 e. The molecule has 2 fully saturated rings. The summed E-state index contributed by atoms with van der Waals surface area (Å²) in [5, 5.41) is 18.4. The van der Waals surface area contributed by atoms with Gasteiger partial charge in [-0.25, -0.2) is 0 Å². The van der Waals surface area contributed by atoms with Crippen LogP contribution in [0.4, 0.5) is 0 Å². The topological polar surface area (TPSA) is 77.7 Å². The summed E-state index contributed by atoms with van der Waals surface area (Å²) >= 11 is 0. The molecule has 2 saturated heterocycles. The van der Waals surface area contributed by atoms with Crippen LogP contribution < -0.4 is 0 Å². The number of β-amino-alcohol motifs (C(OH)–C–C–N with tert-alkyl or cyclic N) is 1. The zero-order chi connectivity index (χ0) is 28.0. The summed E-state index contributed by atoms with van der Waals surface area (Å²) < 4.78 is 1.96. The van der Waals surface area contributed by atoms with Crippen molar-refractivity contribution in [2.45, 2.75) is 31.3 Å². The minimum absolute atomic E-state index is 0.0243. The van der Waals surface area contributed by atoms with E-state index in [0.29, 0.717) is 25.5 Å². The Balaban J connectivity index is 1.31. The highest BCUT2D eigenvalue weighted by Crippen LogP contribution is 2.37. The summed E-state index contributed by atoms with van der Waals surface area (Å²) in [7, 11) is 0. The van der Waals surface area contributed by atoms with Crippen molar-refractivity contribution >= 4 is 5.91 Å². The van der Waals surface area contributed by atoms with Gasteiger partial charge in [-0.05, 0) is 36.1 Å². The fraction of sp³-hybridized carbons (Fsp3) is 0.364. The van der Waals surface area contributed by atoms with E-state index in [1.807, 2.05) is 51.9 Å². The lowest BCUT2D eigenvalue weighted by atomic mass is 9.84. The Hall–Kier alpha value is -3.85. The van der Waals surface area contributed by atoms with Gasteiger partial charge in [0.15, 0.2) is 5.82 Å². The number of nitrogens with zero attached hydrogens (tertiary/aromatic N) is 6. The molecular weight excluding hydrogens is 512 g/mol. The third-order valence-electron chi connectivity index (χ3n) is 8.44. The molecule has 2 aliphatic heterocycles. The Bertz CT molecular complexity index is 1360. The molecule has 0 radical (unpaired) electrons. The molecule has 6 rings (SSSR count). The first-order valence-electron chi connectivity index (χ1n) is 14.7. The fourth-order valence-electron chi connectivity index (χ4n) is 6.40. The highest BCUT2D eigenvalue weighted by Gasteiger charge is 2.39. The summed E-state index contributed by atoms with van der Waals surface area (Å²) in [6, 6.07) is 31.1. The molecule has 1 aromatic heterocycles. The first kappa shape index (κ1) is 27.3. The number of likely N-dealkylation sites (tertiary alicyclic amines) is 1. The third kappa shape index (κ3) is 5.95. The van der Waals surface area contributed by atoms with E-state index in [2.05, 4.69) is 68.5 Å². The van der Waals surface area contributed by atoms with Crippen molar-refractivity contribution in [1.29, 1.82) is 0 Å². The minimum Gasteiger partial charge on any atom is -0.395 e. The van der Waals surface area contributed by atoms with Crippen LogP contribution in [-0.4, -0.2) is 92.4 Å². The molecule has 0 saturated carbocycles. The molecule has 8 nitrogen and oxygen atoms in total. The molecular formula is C33H38N6O2. The van der Waals surface area contributed by atoms with Crippen molar-refractivity contribution in [3.8, 4) is 5.69 Å². The number of carbonyl (C=O) groups excluding carboxylic acids is 1. The number of para-hydroxylation sites is 1. The van der Waals surface area contributed by atoms with Crippen molar-refractivity contribution in [2.75, 3.05) is 45.9 Å². The molecule has 0 spiro atoms. The molecule has 2 aliphatic rings. The number of rotatable bonds is 9. The molecule has 4 aromatic rings. The summed E-state index contributed by atoms with van der Waals surface area (Å²) in [4.78, 5) is 21.1. The van der Waals surface area contributed by atoms with Gasteiger partial charge >= 0.3 is 0 Å². The summed E-state index contributed by atoms with van der Waals surface area (Å²) in [6.45, 7) is 5.77. The summed E-state index contributed by atoms with van der Waals surface area (Å²) in [6.07, 6.45) is 1.89. The quantitative estimate of drug-likeness (QED) is 0.342. The molecule has 3 aromatic carbocycles. The average Bonchev–Trinajstić information content (AvgIpc) is 3.67. The van der Waals surface area contributed by atoms with Crippen molar-refractivity contribution in [3.63, 3.8) is 0 Å². The zero-order valence-electron chi connectivity index (χ0n) is 23.4. The van der Waals surface area contributed by atoms with Crippen LogP contribution in [0.15, 0.2) is 91.0 Å². The van der Waals surface area contributed by atoms with Gasteiger partial charge in [0.1, 0.15) is 0 Å². The van der Waals surface area contributed by atoms with Crippen LogP contribution in [0.1, 0.15) is 46.3 Å². The maximum atomic E-state index is 14.4. The second-order valence-electron chi connectivity index (χ2n) is 11.0. The maximum Gasteiger partial charge on any atom is 0.292 e. The Morgan fingerprint density at radius 2 is 1.37 bits per heavy atom. The molecule has 1 atom stereocenters. The smallest absolute Gasteiger partial charge is 0.292 e. The van der Waals surface area contributed by atoms with Crippen LogP contribution in [-0.2, 0) is 6.54 Å². The molecule has 3 heterocycles. The van der Waals surface area contributed by atoms with Crippen LogP contribution in [0.2, 0.25) is 0 Å². The Morgan fingerprint density at radius 1 is 0.780 bits per heavy atom. The van der Waals surface area contributed by atoms with E-state index in [4.69, 9.17) is 0 Å². The van der Waals surface area contributed by atoms with Crippen LogP contribution in [0.5, 0.6) is 0 Å². The third-order valence-corrected chi connectivity index (χ3v) is 8.44. The predicted molar refractivity (Wildman–Crippen MR) is 159 cm³/mol. The van der Waals surface area contributed by atoms with Crippen LogP contribution in [0.25, 0.3) is 5.69 Å². The highest BCUT2D eigenvalue weighted by molar-refractivity contribution is 5.92. The Kier molecular flexibility index (Phi) is 8.51. The second kappa shape index (κ2) is 12.8. The lowest BCUT2D eigenvalue weighted by Gasteiger charge is -2.34. The van der Waals surface area contributed by atoms with Crippen LogP contribution >= 0.6 is 0 Å². The van der Waals surface area contributed by atoms with Gasteiger partial charge in [-0.2, -0.15) is 0 Å². The summed E-state index contributed by atoms with van der Waals surface area (Å²) in [5.41, 5.74) is 3.33. The number of piperazine rings is 1. The van der Waals surface area contributed by atoms with Crippen molar-refractivity contribution in [3.05, 3.63) is 114 Å². The first-order chi connectivity index (χ1) is 20.2. The van der Waals surface area contributed by atoms with Gasteiger partial charge in [-0.3, -0.25) is 19.2 Å². The van der Waals surface area contributed by atoms with Crippen LogP contribution in [0, 0.1) is 0 Å². The normalized spacial score (nSPS) is 18.3. The lowest BCUT2D eigenvalue weighted by molar-refractivity contribution is 0.0709. The van der Waals surface area contributed by atoms with Gasteiger partial charge in [0.2, 0.25) is 5.82 Å². The highest BCUT2D eigenvalue weighted by atomic mass is 16.3. The van der Waals surface area contributed by atoms with E-state index in [9.17, 15) is 9.90 Å². The average molecular weight is 551 g/mol. The summed E-state index contributed by atoms with van der Waals surface area (Å²) in [5.74, 6) is 1.15. The predicted octanol–water partition coefficient (Wildman–Crippen LogP) is 3.81. The standard InChI is InChI=1S/C33H38N6O2/c40-24-23-36-19-21-37(22-20-36)25-30-34-35-32(39(30)28-15-8-3-9-16-28)33(41)38-18-10-17-29(38)31(26-11-4-1-5-12-26)27-13-6-2-7-14-27/h1-9,11-16,29,31,40H,10,17-25H2/t29-/m1/s1. The number of aliphatic hydroxyl groups excluding tert-OH is 1.